The topological polar surface area (TPSA) is 75.1 Å². The Balaban J connectivity index is 1.68. The molecule has 3 aromatic heterocycles. The number of carbonyl (C=O) groups is 1. The number of amides is 1. The summed E-state index contributed by atoms with van der Waals surface area (Å²) in [5.74, 6) is -0.131. The Bertz CT molecular complexity index is 686. The van der Waals surface area contributed by atoms with Crippen LogP contribution in [0.3, 0.4) is 0 Å². The van der Waals surface area contributed by atoms with E-state index in [1.807, 2.05) is 18.2 Å². The molecule has 0 unspecified atom stereocenters. The van der Waals surface area contributed by atoms with E-state index in [0.29, 0.717) is 12.2 Å². The molecule has 19 heavy (non-hydrogen) atoms. The lowest BCUT2D eigenvalue weighted by molar-refractivity contribution is 0.0946. The Morgan fingerprint density at radius 3 is 3.16 bits per heavy atom. The highest BCUT2D eigenvalue weighted by atomic mass is 16.1. The Labute approximate surface area is 109 Å². The highest BCUT2D eigenvalue weighted by molar-refractivity contribution is 5.93. The molecule has 2 N–H and O–H groups in total. The van der Waals surface area contributed by atoms with E-state index in [9.17, 15) is 4.79 Å². The van der Waals surface area contributed by atoms with E-state index in [-0.39, 0.29) is 5.91 Å². The van der Waals surface area contributed by atoms with Gasteiger partial charge in [-0.3, -0.25) is 4.79 Å². The summed E-state index contributed by atoms with van der Waals surface area (Å²) in [5, 5.41) is 7.01. The lowest BCUT2D eigenvalue weighted by atomic mass is 10.3. The van der Waals surface area contributed by atoms with Crippen molar-refractivity contribution < 1.29 is 4.79 Å². The second-order valence-corrected chi connectivity index (χ2v) is 4.16. The van der Waals surface area contributed by atoms with Gasteiger partial charge in [0.05, 0.1) is 18.0 Å². The number of hydrogen-bond donors (Lipinski definition) is 2. The average Bonchev–Trinajstić information content (AvgIpc) is 3.08. The largest absolute Gasteiger partial charge is 0.350 e. The number of nitrogens with one attached hydrogen (secondary N) is 2. The van der Waals surface area contributed by atoms with Crippen LogP contribution in [0.5, 0.6) is 0 Å². The lowest BCUT2D eigenvalue weighted by Gasteiger charge is -2.06. The molecule has 6 heteroatoms. The normalized spacial score (nSPS) is 10.7. The number of imidazole rings is 1. The van der Waals surface area contributed by atoms with Gasteiger partial charge in [0.2, 0.25) is 0 Å². The molecule has 0 spiro atoms. The summed E-state index contributed by atoms with van der Waals surface area (Å²) in [6.45, 7) is 0.554. The predicted molar refractivity (Wildman–Crippen MR) is 69.8 cm³/mol. The van der Waals surface area contributed by atoms with E-state index < -0.39 is 0 Å². The van der Waals surface area contributed by atoms with Gasteiger partial charge in [0, 0.05) is 24.9 Å². The van der Waals surface area contributed by atoms with Gasteiger partial charge in [-0.25, -0.2) is 9.50 Å². The van der Waals surface area contributed by atoms with Crippen molar-refractivity contribution >= 4 is 11.4 Å². The minimum atomic E-state index is -0.131. The van der Waals surface area contributed by atoms with Crippen molar-refractivity contribution in [3.8, 4) is 0 Å². The second-order valence-electron chi connectivity index (χ2n) is 4.16. The Kier molecular flexibility index (Phi) is 2.97. The van der Waals surface area contributed by atoms with Crippen LogP contribution < -0.4 is 5.32 Å². The third kappa shape index (κ3) is 2.33. The fourth-order valence-corrected chi connectivity index (χ4v) is 1.94. The molecule has 0 aromatic carbocycles. The molecule has 3 aromatic rings. The number of aromatic amines is 1. The predicted octanol–water partition coefficient (Wildman–Crippen LogP) is 1.03. The maximum Gasteiger partial charge on any atom is 0.269 e. The van der Waals surface area contributed by atoms with Crippen molar-refractivity contribution in [2.45, 2.75) is 6.42 Å². The molecule has 3 rings (SSSR count). The molecule has 96 valence electrons. The lowest BCUT2D eigenvalue weighted by Crippen LogP contribution is -2.27. The summed E-state index contributed by atoms with van der Waals surface area (Å²) in [5.41, 5.74) is 2.44. The van der Waals surface area contributed by atoms with Crippen LogP contribution in [-0.4, -0.2) is 32.0 Å². The van der Waals surface area contributed by atoms with E-state index in [4.69, 9.17) is 0 Å². The molecule has 6 nitrogen and oxygen atoms in total. The summed E-state index contributed by atoms with van der Waals surface area (Å²) in [6.07, 6.45) is 5.78. The third-order valence-corrected chi connectivity index (χ3v) is 2.89. The highest BCUT2D eigenvalue weighted by Crippen LogP contribution is 2.06. The number of fused-ring (bicyclic) bond motifs is 1. The summed E-state index contributed by atoms with van der Waals surface area (Å²) in [6, 6.07) is 7.38. The van der Waals surface area contributed by atoms with Crippen molar-refractivity contribution in [1.82, 2.24) is 24.9 Å². The van der Waals surface area contributed by atoms with Gasteiger partial charge in [-0.15, -0.1) is 0 Å². The van der Waals surface area contributed by atoms with Crippen molar-refractivity contribution in [1.29, 1.82) is 0 Å². The quantitative estimate of drug-likeness (QED) is 0.731. The minimum absolute atomic E-state index is 0.131. The standard InChI is InChI=1S/C13H13N5O/c19-13(15-6-4-10-8-14-9-16-10)12-3-1-2-11-5-7-17-18(11)12/h1-3,5,7-9H,4,6H2,(H,14,16)(H,15,19). The van der Waals surface area contributed by atoms with Crippen LogP contribution in [0.15, 0.2) is 43.0 Å². The zero-order valence-electron chi connectivity index (χ0n) is 10.2. The summed E-state index contributed by atoms with van der Waals surface area (Å²) >= 11 is 0. The zero-order chi connectivity index (χ0) is 13.1. The summed E-state index contributed by atoms with van der Waals surface area (Å²) in [4.78, 5) is 19.0. The number of hydrogen-bond acceptors (Lipinski definition) is 3. The Morgan fingerprint density at radius 1 is 1.37 bits per heavy atom. The molecule has 0 aliphatic rings. The highest BCUT2D eigenvalue weighted by Gasteiger charge is 2.09. The number of nitrogens with zero attached hydrogens (tertiary/aromatic N) is 3. The molecule has 0 saturated heterocycles. The SMILES string of the molecule is O=C(NCCc1cnc[nH]1)c1cccc2ccnn12. The first-order chi connectivity index (χ1) is 9.34. The second kappa shape index (κ2) is 4.93. The number of carbonyl (C=O) groups excluding carboxylic acids is 1. The smallest absolute Gasteiger partial charge is 0.269 e. The van der Waals surface area contributed by atoms with E-state index in [1.165, 1.54) is 0 Å². The first-order valence-corrected chi connectivity index (χ1v) is 6.03. The number of rotatable bonds is 4. The average molecular weight is 255 g/mol. The van der Waals surface area contributed by atoms with Crippen LogP contribution in [0.25, 0.3) is 5.52 Å². The maximum absolute atomic E-state index is 12.1. The zero-order valence-corrected chi connectivity index (χ0v) is 10.2. The molecule has 3 heterocycles. The van der Waals surface area contributed by atoms with E-state index in [1.54, 1.807) is 29.3 Å². The monoisotopic (exact) mass is 255 g/mol. The van der Waals surface area contributed by atoms with Crippen molar-refractivity contribution in [2.75, 3.05) is 6.54 Å². The summed E-state index contributed by atoms with van der Waals surface area (Å²) in [7, 11) is 0. The molecule has 0 fully saturated rings. The molecule has 0 aliphatic heterocycles. The summed E-state index contributed by atoms with van der Waals surface area (Å²) < 4.78 is 1.63. The fourth-order valence-electron chi connectivity index (χ4n) is 1.94. The van der Waals surface area contributed by atoms with Crippen LogP contribution in [-0.2, 0) is 6.42 Å². The van der Waals surface area contributed by atoms with Gasteiger partial charge in [-0.05, 0) is 18.2 Å². The fraction of sp³-hybridized carbons (Fsp3) is 0.154. The first-order valence-electron chi connectivity index (χ1n) is 6.03. The molecule has 0 atom stereocenters. The Morgan fingerprint density at radius 2 is 2.32 bits per heavy atom. The van der Waals surface area contributed by atoms with E-state index >= 15 is 0 Å². The van der Waals surface area contributed by atoms with Crippen molar-refractivity contribution in [3.63, 3.8) is 0 Å². The van der Waals surface area contributed by atoms with Gasteiger partial charge >= 0.3 is 0 Å². The van der Waals surface area contributed by atoms with Crippen molar-refractivity contribution in [3.05, 3.63) is 54.4 Å². The first kappa shape index (κ1) is 11.5. The maximum atomic E-state index is 12.1. The van der Waals surface area contributed by atoms with Crippen LogP contribution >= 0.6 is 0 Å². The minimum Gasteiger partial charge on any atom is -0.350 e. The number of pyridine rings is 1. The molecule has 0 saturated carbocycles. The van der Waals surface area contributed by atoms with Gasteiger partial charge in [-0.1, -0.05) is 6.07 Å². The number of aromatic nitrogens is 4. The molecule has 1 amide bonds. The van der Waals surface area contributed by atoms with Crippen LogP contribution in [0.1, 0.15) is 16.2 Å². The van der Waals surface area contributed by atoms with Gasteiger partial charge in [-0.2, -0.15) is 5.10 Å². The molecular formula is C13H13N5O. The molecular weight excluding hydrogens is 242 g/mol. The molecule has 0 bridgehead atoms. The van der Waals surface area contributed by atoms with E-state index in [0.717, 1.165) is 17.6 Å². The molecule has 0 aliphatic carbocycles. The van der Waals surface area contributed by atoms with Crippen LogP contribution in [0.4, 0.5) is 0 Å². The van der Waals surface area contributed by atoms with E-state index in [2.05, 4.69) is 20.4 Å². The van der Waals surface area contributed by atoms with Crippen LogP contribution in [0, 0.1) is 0 Å². The Hall–Kier alpha value is -2.63. The number of H-pyrrole nitrogens is 1. The van der Waals surface area contributed by atoms with Gasteiger partial charge < -0.3 is 10.3 Å². The van der Waals surface area contributed by atoms with Gasteiger partial charge in [0.25, 0.3) is 5.91 Å². The molecule has 0 radical (unpaired) electrons. The van der Waals surface area contributed by atoms with Gasteiger partial charge in [0.1, 0.15) is 5.69 Å². The van der Waals surface area contributed by atoms with Crippen LogP contribution in [0.2, 0.25) is 0 Å². The van der Waals surface area contributed by atoms with Gasteiger partial charge in [0.15, 0.2) is 0 Å². The van der Waals surface area contributed by atoms with Crippen molar-refractivity contribution in [2.24, 2.45) is 0 Å². The third-order valence-electron chi connectivity index (χ3n) is 2.89.